The highest BCUT2D eigenvalue weighted by molar-refractivity contribution is 14.2. The van der Waals surface area contributed by atoms with Crippen LogP contribution >= 0.6 is 43.5 Å². The first-order valence-corrected chi connectivity index (χ1v) is 7.29. The van der Waals surface area contributed by atoms with Crippen LogP contribution in [0.3, 0.4) is 0 Å². The van der Waals surface area contributed by atoms with Crippen molar-refractivity contribution in [2.45, 2.75) is 32.4 Å². The molecule has 6 heteroatoms. The minimum absolute atomic E-state index is 0. The van der Waals surface area contributed by atoms with Crippen molar-refractivity contribution in [2.75, 3.05) is 6.61 Å². The predicted molar refractivity (Wildman–Crippen MR) is 68.3 cm³/mol. The van der Waals surface area contributed by atoms with Gasteiger partial charge in [0.05, 0.1) is 0 Å². The Morgan fingerprint density at radius 2 is 2.33 bits per heavy atom. The van der Waals surface area contributed by atoms with Crippen molar-refractivity contribution in [3.05, 3.63) is 0 Å². The van der Waals surface area contributed by atoms with Crippen molar-refractivity contribution in [2.24, 2.45) is 0 Å². The lowest BCUT2D eigenvalue weighted by Gasteiger charge is -2.24. The van der Waals surface area contributed by atoms with Crippen molar-refractivity contribution in [3.63, 3.8) is 0 Å². The van der Waals surface area contributed by atoms with Crippen LogP contribution < -0.4 is 0 Å². The minimum Gasteiger partial charge on any atom is -0.400 e. The monoisotopic (exact) mass is 320 g/mol. The van der Waals surface area contributed by atoms with E-state index in [1.807, 2.05) is 0 Å². The molecule has 1 unspecified atom stereocenters. The average molecular weight is 320 g/mol. The molecule has 1 saturated heterocycles. The first kappa shape index (κ1) is 13.4. The van der Waals surface area contributed by atoms with Gasteiger partial charge in [-0.2, -0.15) is 13.5 Å². The summed E-state index contributed by atoms with van der Waals surface area (Å²) in [6, 6.07) is 0. The summed E-state index contributed by atoms with van der Waals surface area (Å²) in [5.74, 6) is 0. The lowest BCUT2D eigenvalue weighted by molar-refractivity contribution is -0.106. The Morgan fingerprint density at radius 3 is 2.83 bits per heavy atom. The molecule has 0 amide bonds. The van der Waals surface area contributed by atoms with Crippen molar-refractivity contribution in [3.8, 4) is 0 Å². The topological polar surface area (TPSA) is 18.5 Å². The maximum Gasteiger partial charge on any atom is 0.370 e. The summed E-state index contributed by atoms with van der Waals surface area (Å²) in [7, 11) is 1.69. The van der Waals surface area contributed by atoms with Gasteiger partial charge in [0.15, 0.2) is 0 Å². The molecule has 1 rings (SSSR count). The Balaban J connectivity index is 0.00000121. The minimum atomic E-state index is 0. The maximum absolute atomic E-state index is 5.57. The van der Waals surface area contributed by atoms with Gasteiger partial charge in [-0.05, 0) is 47.3 Å². The molecule has 1 aliphatic rings. The van der Waals surface area contributed by atoms with Gasteiger partial charge in [-0.15, -0.1) is 8.78 Å². The first-order valence-electron chi connectivity index (χ1n) is 3.87. The fourth-order valence-electron chi connectivity index (χ4n) is 1.05. The van der Waals surface area contributed by atoms with Gasteiger partial charge in [-0.3, -0.25) is 0 Å². The fraction of sp³-hybridized carbons (Fsp3) is 1.00. The Hall–Kier alpha value is 1.41. The van der Waals surface area contributed by atoms with Crippen LogP contribution in [0.1, 0.15) is 19.3 Å². The zero-order valence-electron chi connectivity index (χ0n) is 7.09. The van der Waals surface area contributed by atoms with Crippen LogP contribution in [0.15, 0.2) is 0 Å². The molecule has 0 N–H and O–H groups in total. The fourth-order valence-corrected chi connectivity index (χ4v) is 1.58. The van der Waals surface area contributed by atoms with Gasteiger partial charge in [-0.25, -0.2) is 0 Å². The van der Waals surface area contributed by atoms with E-state index in [-0.39, 0.29) is 26.0 Å². The third-order valence-corrected chi connectivity index (χ3v) is 4.12. The van der Waals surface area contributed by atoms with Crippen LogP contribution in [0.5, 0.6) is 0 Å². The maximum atomic E-state index is 5.57. The lowest BCUT2D eigenvalue weighted by Crippen LogP contribution is -2.26. The molecule has 12 heavy (non-hydrogen) atoms. The van der Waals surface area contributed by atoms with Gasteiger partial charge in [-0.1, -0.05) is 0 Å². The third-order valence-electron chi connectivity index (χ3n) is 1.61. The van der Waals surface area contributed by atoms with Gasteiger partial charge in [0.2, 0.25) is 0 Å². The van der Waals surface area contributed by atoms with E-state index < -0.39 is 0 Å². The average Bonchev–Trinajstić information content (AvgIpc) is 2.06. The molecular formula is C6H14BIO2S2. The standard InChI is InChI=1S/C6H12BIO2S.H2S/c1-7(11-8)10-6-4-2-3-5-9-6;/h6H,2-5H2,1H3;1H2. The number of halogens is 1. The van der Waals surface area contributed by atoms with E-state index >= 15 is 0 Å². The van der Waals surface area contributed by atoms with Crippen molar-refractivity contribution >= 4 is 49.7 Å². The van der Waals surface area contributed by atoms with Crippen LogP contribution in [0.25, 0.3) is 0 Å². The van der Waals surface area contributed by atoms with E-state index in [1.54, 1.807) is 8.78 Å². The van der Waals surface area contributed by atoms with Crippen LogP contribution in [0, 0.1) is 0 Å². The zero-order valence-corrected chi connectivity index (χ0v) is 11.1. The molecule has 0 aromatic rings. The van der Waals surface area contributed by atoms with Crippen LogP contribution in [-0.2, 0) is 9.39 Å². The lowest BCUT2D eigenvalue weighted by atomic mass is 10.0. The molecule has 0 bridgehead atoms. The van der Waals surface area contributed by atoms with E-state index in [0.29, 0.717) is 0 Å². The molecule has 1 aliphatic heterocycles. The Kier molecular flexibility index (Phi) is 8.70. The highest BCUT2D eigenvalue weighted by atomic mass is 127. The summed E-state index contributed by atoms with van der Waals surface area (Å²) in [6.45, 7) is 2.92. The normalized spacial score (nSPS) is 23.0. The highest BCUT2D eigenvalue weighted by Gasteiger charge is 2.18. The van der Waals surface area contributed by atoms with Crippen molar-refractivity contribution in [1.82, 2.24) is 0 Å². The van der Waals surface area contributed by atoms with Crippen LogP contribution in [-0.4, -0.2) is 19.1 Å². The molecule has 1 atom stereocenters. The van der Waals surface area contributed by atoms with Gasteiger partial charge in [0.25, 0.3) is 0 Å². The summed E-state index contributed by atoms with van der Waals surface area (Å²) in [5, 5.41) is 0. The second kappa shape index (κ2) is 7.79. The van der Waals surface area contributed by atoms with E-state index in [4.69, 9.17) is 9.39 Å². The van der Waals surface area contributed by atoms with Crippen molar-refractivity contribution in [1.29, 1.82) is 0 Å². The summed E-state index contributed by atoms with van der Waals surface area (Å²) in [6.07, 6.45) is 3.79. The second-order valence-electron chi connectivity index (χ2n) is 2.59. The molecule has 0 aromatic carbocycles. The van der Waals surface area contributed by atoms with E-state index in [1.165, 1.54) is 12.8 Å². The SMILES string of the molecule is CB(OC1CCCCO1)SI.S. The summed E-state index contributed by atoms with van der Waals surface area (Å²) >= 11 is 2.25. The largest absolute Gasteiger partial charge is 0.400 e. The summed E-state index contributed by atoms with van der Waals surface area (Å²) < 4.78 is 11.0. The second-order valence-corrected chi connectivity index (χ2v) is 4.96. The molecule has 0 spiro atoms. The smallest absolute Gasteiger partial charge is 0.370 e. The Morgan fingerprint density at radius 1 is 1.58 bits per heavy atom. The number of rotatable bonds is 3. The molecule has 1 fully saturated rings. The first-order chi connectivity index (χ1) is 5.33. The molecule has 72 valence electrons. The molecule has 1 heterocycles. The number of ether oxygens (including phenoxy) is 1. The molecular weight excluding hydrogens is 306 g/mol. The van der Waals surface area contributed by atoms with E-state index in [0.717, 1.165) is 13.0 Å². The molecule has 0 aromatic heterocycles. The van der Waals surface area contributed by atoms with E-state index in [2.05, 4.69) is 28.0 Å². The highest BCUT2D eigenvalue weighted by Crippen LogP contribution is 2.21. The summed E-state index contributed by atoms with van der Waals surface area (Å²) in [5.41, 5.74) is 0. The third kappa shape index (κ3) is 5.21. The predicted octanol–water partition coefficient (Wildman–Crippen LogP) is 2.84. The van der Waals surface area contributed by atoms with Gasteiger partial charge in [0, 0.05) is 6.61 Å². The quantitative estimate of drug-likeness (QED) is 0.588. The van der Waals surface area contributed by atoms with Gasteiger partial charge >= 0.3 is 6.19 Å². The Bertz CT molecular complexity index is 114. The number of hydrogen-bond donors (Lipinski definition) is 0. The number of hydrogen-bond acceptors (Lipinski definition) is 3. The van der Waals surface area contributed by atoms with Crippen LogP contribution in [0.4, 0.5) is 0 Å². The van der Waals surface area contributed by atoms with Crippen molar-refractivity contribution < 1.29 is 9.39 Å². The molecule has 2 nitrogen and oxygen atoms in total. The molecule has 0 radical (unpaired) electrons. The zero-order chi connectivity index (χ0) is 8.10. The molecule has 0 saturated carbocycles. The Labute approximate surface area is 97.6 Å². The molecule has 0 aliphatic carbocycles. The van der Waals surface area contributed by atoms with Crippen LogP contribution in [0.2, 0.25) is 6.82 Å². The van der Waals surface area contributed by atoms with Gasteiger partial charge < -0.3 is 9.39 Å². The summed E-state index contributed by atoms with van der Waals surface area (Å²) in [4.78, 5) is 0. The van der Waals surface area contributed by atoms with Gasteiger partial charge in [0.1, 0.15) is 6.29 Å². The van der Waals surface area contributed by atoms with E-state index in [9.17, 15) is 0 Å².